The van der Waals surface area contributed by atoms with E-state index in [1.54, 1.807) is 28.0 Å². The summed E-state index contributed by atoms with van der Waals surface area (Å²) in [5.41, 5.74) is 1.52. The van der Waals surface area contributed by atoms with Crippen molar-refractivity contribution >= 4 is 39.6 Å². The smallest absolute Gasteiger partial charge is 0.297 e. The lowest BCUT2D eigenvalue weighted by molar-refractivity contribution is -0.135. The van der Waals surface area contributed by atoms with Gasteiger partial charge in [-0.2, -0.15) is 5.10 Å². The molecule has 4 aromatic rings. The van der Waals surface area contributed by atoms with Gasteiger partial charge in [0.2, 0.25) is 17.4 Å². The Hall–Kier alpha value is -3.95. The highest BCUT2D eigenvalue weighted by atomic mass is 16.3. The normalized spacial score (nSPS) is 14.8. The second kappa shape index (κ2) is 8.53. The summed E-state index contributed by atoms with van der Waals surface area (Å²) in [5.74, 6) is -0.415. The number of carbonyl (C=O) groups is 2. The number of amides is 2. The van der Waals surface area contributed by atoms with Gasteiger partial charge in [0.25, 0.3) is 5.56 Å². The van der Waals surface area contributed by atoms with Crippen LogP contribution in [0, 0.1) is 5.92 Å². The molecule has 10 heteroatoms. The summed E-state index contributed by atoms with van der Waals surface area (Å²) in [4.78, 5) is 44.3. The van der Waals surface area contributed by atoms with Crippen LogP contribution >= 0.6 is 0 Å². The Morgan fingerprint density at radius 3 is 2.76 bits per heavy atom. The fraction of sp³-hybridized carbons (Fsp3) is 0.348. The molecule has 10 nitrogen and oxygen atoms in total. The number of para-hydroxylation sites is 1. The number of hydrogen-bond donors (Lipinski definition) is 1. The molecular weight excluding hydrogens is 424 g/mol. The Labute approximate surface area is 188 Å². The number of fused-ring (bicyclic) bond motifs is 3. The largest absolute Gasteiger partial charge is 0.448 e. The molecule has 5 rings (SSSR count). The minimum atomic E-state index is -0.383. The molecule has 33 heavy (non-hydrogen) atoms. The van der Waals surface area contributed by atoms with E-state index in [0.29, 0.717) is 42.7 Å². The number of hydrogen-bond acceptors (Lipinski definition) is 6. The summed E-state index contributed by atoms with van der Waals surface area (Å²) in [6, 6.07) is 7.31. The summed E-state index contributed by atoms with van der Waals surface area (Å²) < 4.78 is 8.70. The lowest BCUT2D eigenvalue weighted by Gasteiger charge is -2.31. The molecule has 1 aromatic carbocycles. The second-order valence-corrected chi connectivity index (χ2v) is 8.18. The molecule has 3 aromatic heterocycles. The summed E-state index contributed by atoms with van der Waals surface area (Å²) >= 11 is 0. The fourth-order valence-corrected chi connectivity index (χ4v) is 4.21. The number of benzene rings is 1. The zero-order valence-electron chi connectivity index (χ0n) is 18.2. The first-order valence-electron chi connectivity index (χ1n) is 11.0. The highest BCUT2D eigenvalue weighted by molar-refractivity contribution is 6.01. The number of furan rings is 1. The van der Waals surface area contributed by atoms with Crippen LogP contribution in [0.15, 0.2) is 52.2 Å². The van der Waals surface area contributed by atoms with Gasteiger partial charge < -0.3 is 14.6 Å². The quantitative estimate of drug-likeness (QED) is 0.501. The predicted octanol–water partition coefficient (Wildman–Crippen LogP) is 2.24. The monoisotopic (exact) mass is 448 g/mol. The van der Waals surface area contributed by atoms with Crippen LogP contribution in [-0.4, -0.2) is 49.1 Å². The van der Waals surface area contributed by atoms with Gasteiger partial charge in [-0.15, -0.1) is 0 Å². The minimum absolute atomic E-state index is 0.0616. The van der Waals surface area contributed by atoms with E-state index in [2.05, 4.69) is 15.4 Å². The molecule has 0 bridgehead atoms. The zero-order chi connectivity index (χ0) is 22.9. The average Bonchev–Trinajstić information content (AvgIpc) is 3.45. The van der Waals surface area contributed by atoms with E-state index >= 15 is 0 Å². The topological polar surface area (TPSA) is 115 Å². The molecule has 0 unspecified atom stereocenters. The van der Waals surface area contributed by atoms with Crippen molar-refractivity contribution in [1.82, 2.24) is 24.2 Å². The number of likely N-dealkylation sites (tertiary alicyclic amines) is 1. The van der Waals surface area contributed by atoms with Gasteiger partial charge in [-0.1, -0.05) is 12.1 Å². The van der Waals surface area contributed by atoms with Gasteiger partial charge in [0.05, 0.1) is 18.2 Å². The molecule has 0 radical (unpaired) electrons. The molecule has 2 amide bonds. The van der Waals surface area contributed by atoms with Crippen molar-refractivity contribution in [1.29, 1.82) is 0 Å². The van der Waals surface area contributed by atoms with E-state index in [1.807, 2.05) is 25.1 Å². The SMILES string of the molecule is CCn1cc(NC(=O)C2CCN(C(=O)Cn3cnc4c(oc5ccccc54)c3=O)CC2)cn1. The van der Waals surface area contributed by atoms with E-state index in [9.17, 15) is 14.4 Å². The molecule has 0 aliphatic carbocycles. The number of piperidine rings is 1. The van der Waals surface area contributed by atoms with Gasteiger partial charge >= 0.3 is 0 Å². The molecule has 1 N–H and O–H groups in total. The third kappa shape index (κ3) is 3.99. The van der Waals surface area contributed by atoms with Crippen LogP contribution in [0.2, 0.25) is 0 Å². The van der Waals surface area contributed by atoms with Gasteiger partial charge in [-0.3, -0.25) is 23.6 Å². The fourth-order valence-electron chi connectivity index (χ4n) is 4.21. The van der Waals surface area contributed by atoms with Crippen LogP contribution in [0.3, 0.4) is 0 Å². The third-order valence-corrected chi connectivity index (χ3v) is 6.10. The van der Waals surface area contributed by atoms with E-state index in [-0.39, 0.29) is 35.4 Å². The van der Waals surface area contributed by atoms with Crippen molar-refractivity contribution in [2.24, 2.45) is 5.92 Å². The van der Waals surface area contributed by atoms with E-state index in [1.165, 1.54) is 10.9 Å². The maximum atomic E-state index is 12.9. The van der Waals surface area contributed by atoms with Gasteiger partial charge in [0, 0.05) is 37.1 Å². The number of nitrogens with zero attached hydrogens (tertiary/aromatic N) is 5. The molecule has 1 aliphatic rings. The number of aryl methyl sites for hydroxylation is 1. The van der Waals surface area contributed by atoms with E-state index < -0.39 is 0 Å². The highest BCUT2D eigenvalue weighted by Gasteiger charge is 2.28. The molecule has 1 fully saturated rings. The summed E-state index contributed by atoms with van der Waals surface area (Å²) in [7, 11) is 0. The lowest BCUT2D eigenvalue weighted by Crippen LogP contribution is -2.43. The molecule has 1 saturated heterocycles. The molecule has 0 atom stereocenters. The third-order valence-electron chi connectivity index (χ3n) is 6.10. The average molecular weight is 448 g/mol. The Balaban J connectivity index is 1.22. The molecular formula is C23H24N6O4. The minimum Gasteiger partial charge on any atom is -0.448 e. The first kappa shape index (κ1) is 20.9. The van der Waals surface area contributed by atoms with Gasteiger partial charge in [0.1, 0.15) is 17.6 Å². The van der Waals surface area contributed by atoms with Crippen molar-refractivity contribution in [3.05, 3.63) is 53.3 Å². The Kier molecular flexibility index (Phi) is 5.41. The van der Waals surface area contributed by atoms with Gasteiger partial charge in [-0.05, 0) is 31.9 Å². The Morgan fingerprint density at radius 2 is 2.00 bits per heavy atom. The number of anilines is 1. The van der Waals surface area contributed by atoms with Crippen LogP contribution in [0.1, 0.15) is 19.8 Å². The van der Waals surface area contributed by atoms with Crippen molar-refractivity contribution < 1.29 is 14.0 Å². The number of nitrogens with one attached hydrogen (secondary N) is 1. The van der Waals surface area contributed by atoms with Crippen molar-refractivity contribution in [3.8, 4) is 0 Å². The lowest BCUT2D eigenvalue weighted by atomic mass is 9.96. The van der Waals surface area contributed by atoms with Crippen LogP contribution in [0.25, 0.3) is 22.1 Å². The molecule has 0 saturated carbocycles. The number of carbonyl (C=O) groups excluding carboxylic acids is 2. The standard InChI is InChI=1S/C23H24N6O4/c1-2-29-12-16(11-25-29)26-22(31)15-7-9-27(10-8-15)19(30)13-28-14-24-20-17-5-3-4-6-18(17)33-21(20)23(28)32/h3-6,11-12,14-15H,2,7-10,13H2,1H3,(H,26,31). The first-order valence-corrected chi connectivity index (χ1v) is 11.0. The predicted molar refractivity (Wildman–Crippen MR) is 122 cm³/mol. The summed E-state index contributed by atoms with van der Waals surface area (Å²) in [5, 5.41) is 7.82. The van der Waals surface area contributed by atoms with E-state index in [0.717, 1.165) is 11.9 Å². The van der Waals surface area contributed by atoms with Crippen molar-refractivity contribution in [2.45, 2.75) is 32.9 Å². The van der Waals surface area contributed by atoms with Crippen LogP contribution < -0.4 is 10.9 Å². The first-order chi connectivity index (χ1) is 16.0. The maximum absolute atomic E-state index is 12.9. The van der Waals surface area contributed by atoms with Gasteiger partial charge in [0.15, 0.2) is 0 Å². The molecule has 4 heterocycles. The summed E-state index contributed by atoms with van der Waals surface area (Å²) in [6.07, 6.45) is 5.94. The molecule has 1 aliphatic heterocycles. The second-order valence-electron chi connectivity index (χ2n) is 8.18. The van der Waals surface area contributed by atoms with Gasteiger partial charge in [-0.25, -0.2) is 4.98 Å². The highest BCUT2D eigenvalue weighted by Crippen LogP contribution is 2.24. The summed E-state index contributed by atoms with van der Waals surface area (Å²) in [6.45, 7) is 3.51. The molecule has 0 spiro atoms. The van der Waals surface area contributed by atoms with Crippen LogP contribution in [-0.2, 0) is 22.7 Å². The molecule has 170 valence electrons. The van der Waals surface area contributed by atoms with E-state index in [4.69, 9.17) is 4.42 Å². The Bertz CT molecular complexity index is 1390. The Morgan fingerprint density at radius 1 is 1.21 bits per heavy atom. The number of rotatable bonds is 5. The maximum Gasteiger partial charge on any atom is 0.297 e. The number of aromatic nitrogens is 4. The zero-order valence-corrected chi connectivity index (χ0v) is 18.2. The van der Waals surface area contributed by atoms with Crippen molar-refractivity contribution in [3.63, 3.8) is 0 Å². The van der Waals surface area contributed by atoms with Crippen LogP contribution in [0.5, 0.6) is 0 Å². The van der Waals surface area contributed by atoms with Crippen LogP contribution in [0.4, 0.5) is 5.69 Å². The van der Waals surface area contributed by atoms with Crippen molar-refractivity contribution in [2.75, 3.05) is 18.4 Å².